The van der Waals surface area contributed by atoms with Crippen LogP contribution in [0.5, 0.6) is 0 Å². The second-order valence-corrected chi connectivity index (χ2v) is 6.17. The third kappa shape index (κ3) is 3.14. The van der Waals surface area contributed by atoms with Gasteiger partial charge in [-0.25, -0.2) is 0 Å². The molecule has 1 unspecified atom stereocenters. The van der Waals surface area contributed by atoms with Crippen LogP contribution in [0, 0.1) is 12.8 Å². The molecule has 0 aromatic heterocycles. The van der Waals surface area contributed by atoms with Crippen molar-refractivity contribution in [3.8, 4) is 0 Å². The van der Waals surface area contributed by atoms with Crippen molar-refractivity contribution in [2.45, 2.75) is 19.8 Å². The molecule has 22 heavy (non-hydrogen) atoms. The summed E-state index contributed by atoms with van der Waals surface area (Å²) in [6.07, 6.45) is 1.31. The number of benzene rings is 1. The summed E-state index contributed by atoms with van der Waals surface area (Å²) in [4.78, 5) is 28.6. The Morgan fingerprint density at radius 2 is 1.95 bits per heavy atom. The monoisotopic (exact) mass is 301 g/mol. The molecule has 5 nitrogen and oxygen atoms in total. The van der Waals surface area contributed by atoms with E-state index in [1.165, 1.54) is 5.56 Å². The lowest BCUT2D eigenvalue weighted by molar-refractivity contribution is -0.135. The first kappa shape index (κ1) is 15.0. The lowest BCUT2D eigenvalue weighted by Crippen LogP contribution is -2.39. The Morgan fingerprint density at radius 1 is 1.18 bits per heavy atom. The van der Waals surface area contributed by atoms with E-state index in [1.807, 2.05) is 36.1 Å². The van der Waals surface area contributed by atoms with Gasteiger partial charge in [-0.15, -0.1) is 0 Å². The quantitative estimate of drug-likeness (QED) is 0.892. The average Bonchev–Trinajstić information content (AvgIpc) is 2.74. The Morgan fingerprint density at radius 3 is 2.73 bits per heavy atom. The van der Waals surface area contributed by atoms with E-state index >= 15 is 0 Å². The molecule has 3 rings (SSSR count). The van der Waals surface area contributed by atoms with Crippen molar-refractivity contribution in [3.63, 3.8) is 0 Å². The van der Waals surface area contributed by atoms with Gasteiger partial charge in [0.05, 0.1) is 5.92 Å². The third-order valence-electron chi connectivity index (χ3n) is 4.47. The molecule has 118 valence electrons. The van der Waals surface area contributed by atoms with Gasteiger partial charge in [-0.1, -0.05) is 17.7 Å². The molecule has 2 amide bonds. The molecule has 0 spiro atoms. The molecule has 1 atom stereocenters. The average molecular weight is 301 g/mol. The molecule has 0 radical (unpaired) electrons. The summed E-state index contributed by atoms with van der Waals surface area (Å²) in [7, 11) is 0. The Balaban J connectivity index is 1.68. The van der Waals surface area contributed by atoms with Crippen molar-refractivity contribution in [3.05, 3.63) is 29.8 Å². The predicted molar refractivity (Wildman–Crippen MR) is 85.7 cm³/mol. The molecule has 1 N–H and O–H groups in total. The van der Waals surface area contributed by atoms with Crippen LogP contribution in [-0.4, -0.2) is 49.4 Å². The van der Waals surface area contributed by atoms with Gasteiger partial charge in [0, 0.05) is 38.3 Å². The van der Waals surface area contributed by atoms with Crippen LogP contribution in [0.15, 0.2) is 24.3 Å². The highest BCUT2D eigenvalue weighted by molar-refractivity contribution is 6.00. The van der Waals surface area contributed by atoms with Crippen LogP contribution in [0.4, 0.5) is 5.69 Å². The van der Waals surface area contributed by atoms with Gasteiger partial charge in [0.15, 0.2) is 0 Å². The minimum absolute atomic E-state index is 0.0511. The van der Waals surface area contributed by atoms with Crippen molar-refractivity contribution < 1.29 is 9.59 Å². The summed E-state index contributed by atoms with van der Waals surface area (Å²) in [6, 6.07) is 7.91. The number of nitrogens with one attached hydrogen (secondary N) is 1. The fraction of sp³-hybridized carbons (Fsp3) is 0.529. The maximum absolute atomic E-state index is 12.6. The number of aryl methyl sites for hydroxylation is 1. The molecule has 0 aliphatic carbocycles. The molecule has 2 aliphatic heterocycles. The van der Waals surface area contributed by atoms with Crippen LogP contribution < -0.4 is 10.2 Å². The Kier molecular flexibility index (Phi) is 4.43. The van der Waals surface area contributed by atoms with Gasteiger partial charge in [0.2, 0.25) is 11.8 Å². The fourth-order valence-corrected chi connectivity index (χ4v) is 3.17. The molecule has 0 saturated carbocycles. The molecular weight excluding hydrogens is 278 g/mol. The zero-order chi connectivity index (χ0) is 15.5. The summed E-state index contributed by atoms with van der Waals surface area (Å²) in [6.45, 7) is 5.87. The number of carbonyl (C=O) groups excluding carboxylic acids is 2. The highest BCUT2D eigenvalue weighted by Crippen LogP contribution is 2.26. The molecular formula is C17H23N3O2. The molecule has 0 bridgehead atoms. The van der Waals surface area contributed by atoms with Gasteiger partial charge < -0.3 is 15.1 Å². The van der Waals surface area contributed by atoms with E-state index < -0.39 is 0 Å². The summed E-state index contributed by atoms with van der Waals surface area (Å²) in [5, 5.41) is 3.30. The van der Waals surface area contributed by atoms with Crippen molar-refractivity contribution in [2.75, 3.05) is 37.6 Å². The lowest BCUT2D eigenvalue weighted by Gasteiger charge is -2.23. The van der Waals surface area contributed by atoms with E-state index in [9.17, 15) is 9.59 Å². The maximum Gasteiger partial charge on any atom is 0.228 e. The SMILES string of the molecule is Cc1ccc(N2CC(C(=O)N3CCCNCC3)CC2=O)cc1. The fourth-order valence-electron chi connectivity index (χ4n) is 3.17. The van der Waals surface area contributed by atoms with E-state index in [2.05, 4.69) is 5.32 Å². The zero-order valence-electron chi connectivity index (χ0n) is 13.0. The van der Waals surface area contributed by atoms with Crippen LogP contribution in [0.2, 0.25) is 0 Å². The van der Waals surface area contributed by atoms with E-state index in [0.29, 0.717) is 13.0 Å². The first-order valence-electron chi connectivity index (χ1n) is 8.01. The standard InChI is InChI=1S/C17H23N3O2/c1-13-3-5-15(6-4-13)20-12-14(11-16(20)21)17(22)19-9-2-7-18-8-10-19/h3-6,14,18H,2,7-12H2,1H3. The number of rotatable bonds is 2. The molecule has 5 heteroatoms. The predicted octanol–water partition coefficient (Wildman–Crippen LogP) is 1.17. The number of anilines is 1. The second-order valence-electron chi connectivity index (χ2n) is 6.17. The van der Waals surface area contributed by atoms with Crippen LogP contribution in [-0.2, 0) is 9.59 Å². The first-order valence-corrected chi connectivity index (χ1v) is 8.01. The van der Waals surface area contributed by atoms with Gasteiger partial charge in [0.1, 0.15) is 0 Å². The lowest BCUT2D eigenvalue weighted by atomic mass is 10.1. The number of nitrogens with zero attached hydrogens (tertiary/aromatic N) is 2. The number of hydrogen-bond donors (Lipinski definition) is 1. The highest BCUT2D eigenvalue weighted by atomic mass is 16.2. The molecule has 1 aromatic rings. The van der Waals surface area contributed by atoms with E-state index in [-0.39, 0.29) is 17.7 Å². The number of carbonyl (C=O) groups is 2. The van der Waals surface area contributed by atoms with Crippen molar-refractivity contribution in [2.24, 2.45) is 5.92 Å². The van der Waals surface area contributed by atoms with Gasteiger partial charge in [-0.05, 0) is 32.0 Å². The smallest absolute Gasteiger partial charge is 0.228 e. The van der Waals surface area contributed by atoms with Gasteiger partial charge >= 0.3 is 0 Å². The Labute approximate surface area is 131 Å². The number of hydrogen-bond acceptors (Lipinski definition) is 3. The van der Waals surface area contributed by atoms with Gasteiger partial charge in [-0.3, -0.25) is 9.59 Å². The van der Waals surface area contributed by atoms with E-state index in [4.69, 9.17) is 0 Å². The molecule has 2 fully saturated rings. The van der Waals surface area contributed by atoms with Crippen molar-refractivity contribution in [1.82, 2.24) is 10.2 Å². The van der Waals surface area contributed by atoms with E-state index in [0.717, 1.165) is 38.3 Å². The third-order valence-corrected chi connectivity index (χ3v) is 4.47. The minimum Gasteiger partial charge on any atom is -0.341 e. The topological polar surface area (TPSA) is 52.7 Å². The Bertz CT molecular complexity index is 548. The highest BCUT2D eigenvalue weighted by Gasteiger charge is 2.37. The van der Waals surface area contributed by atoms with Crippen molar-refractivity contribution in [1.29, 1.82) is 0 Å². The maximum atomic E-state index is 12.6. The largest absolute Gasteiger partial charge is 0.341 e. The van der Waals surface area contributed by atoms with Crippen LogP contribution >= 0.6 is 0 Å². The summed E-state index contributed by atoms with van der Waals surface area (Å²) in [5.41, 5.74) is 2.06. The Hall–Kier alpha value is -1.88. The van der Waals surface area contributed by atoms with Gasteiger partial charge in [0.25, 0.3) is 0 Å². The summed E-state index contributed by atoms with van der Waals surface area (Å²) >= 11 is 0. The summed E-state index contributed by atoms with van der Waals surface area (Å²) in [5.74, 6) is -0.0197. The normalized spacial score (nSPS) is 22.8. The van der Waals surface area contributed by atoms with Crippen molar-refractivity contribution >= 4 is 17.5 Å². The molecule has 2 saturated heterocycles. The van der Waals surface area contributed by atoms with Crippen LogP contribution in [0.1, 0.15) is 18.4 Å². The zero-order valence-corrected chi connectivity index (χ0v) is 13.0. The molecule has 2 heterocycles. The second kappa shape index (κ2) is 6.48. The van der Waals surface area contributed by atoms with Crippen LogP contribution in [0.3, 0.4) is 0 Å². The molecule has 1 aromatic carbocycles. The minimum atomic E-state index is -0.202. The number of amides is 2. The summed E-state index contributed by atoms with van der Waals surface area (Å²) < 4.78 is 0. The first-order chi connectivity index (χ1) is 10.6. The molecule has 2 aliphatic rings. The van der Waals surface area contributed by atoms with E-state index in [1.54, 1.807) is 4.90 Å². The van der Waals surface area contributed by atoms with Gasteiger partial charge in [-0.2, -0.15) is 0 Å². The van der Waals surface area contributed by atoms with Crippen LogP contribution in [0.25, 0.3) is 0 Å².